The summed E-state index contributed by atoms with van der Waals surface area (Å²) in [5.74, 6) is -0.453. The van der Waals surface area contributed by atoms with Crippen LogP contribution in [0.1, 0.15) is 23.3 Å². The van der Waals surface area contributed by atoms with E-state index in [2.05, 4.69) is 4.98 Å². The second-order valence-electron chi connectivity index (χ2n) is 4.03. The maximum absolute atomic E-state index is 11.7. The van der Waals surface area contributed by atoms with Crippen LogP contribution in [0.5, 0.6) is 0 Å². The normalized spacial score (nSPS) is 10.7. The van der Waals surface area contributed by atoms with Gasteiger partial charge in [-0.25, -0.2) is 4.79 Å². The quantitative estimate of drug-likeness (QED) is 0.482. The van der Waals surface area contributed by atoms with Crippen molar-refractivity contribution in [2.24, 2.45) is 0 Å². The number of esters is 2. The molecule has 7 heteroatoms. The number of fused-ring (bicyclic) bond motifs is 1. The first-order valence-corrected chi connectivity index (χ1v) is 6.69. The Kier molecular flexibility index (Phi) is 5.06. The molecule has 0 saturated heterocycles. The summed E-state index contributed by atoms with van der Waals surface area (Å²) in [5.41, 5.74) is 1.61. The van der Waals surface area contributed by atoms with Gasteiger partial charge in [0.15, 0.2) is 5.58 Å². The topological polar surface area (TPSA) is 81.5 Å². The number of carbonyl (C=O) groups is 2. The molecule has 2 rings (SSSR count). The van der Waals surface area contributed by atoms with Crippen LogP contribution in [0.3, 0.4) is 0 Å². The van der Waals surface area contributed by atoms with E-state index in [1.165, 1.54) is 6.26 Å². The lowest BCUT2D eigenvalue weighted by Gasteiger charge is -2.05. The van der Waals surface area contributed by atoms with Crippen LogP contribution in [-0.4, -0.2) is 36.0 Å². The van der Waals surface area contributed by atoms with Gasteiger partial charge in [0.2, 0.25) is 0 Å². The van der Waals surface area contributed by atoms with Gasteiger partial charge in [0, 0.05) is 24.4 Å². The lowest BCUT2D eigenvalue weighted by atomic mass is 10.3. The van der Waals surface area contributed by atoms with Crippen molar-refractivity contribution >= 4 is 34.6 Å². The molecule has 0 atom stereocenters. The van der Waals surface area contributed by atoms with E-state index in [0.717, 1.165) is 5.52 Å². The van der Waals surface area contributed by atoms with Crippen molar-refractivity contribution in [2.75, 3.05) is 19.1 Å². The first-order chi connectivity index (χ1) is 9.70. The summed E-state index contributed by atoms with van der Waals surface area (Å²) in [6, 6.07) is 3.27. The molecule has 0 radical (unpaired) electrons. The Balaban J connectivity index is 1.70. The molecule has 0 bridgehead atoms. The summed E-state index contributed by atoms with van der Waals surface area (Å²) >= 11 is 5.45. The zero-order valence-electron chi connectivity index (χ0n) is 10.7. The van der Waals surface area contributed by atoms with E-state index < -0.39 is 5.97 Å². The number of aromatic amines is 1. The van der Waals surface area contributed by atoms with Crippen molar-refractivity contribution < 1.29 is 23.5 Å². The molecule has 0 unspecified atom stereocenters. The van der Waals surface area contributed by atoms with Gasteiger partial charge in [0.05, 0.1) is 11.8 Å². The van der Waals surface area contributed by atoms with E-state index in [0.29, 0.717) is 23.6 Å². The fourth-order valence-electron chi connectivity index (χ4n) is 1.61. The zero-order chi connectivity index (χ0) is 14.4. The number of ether oxygens (including phenoxy) is 2. The van der Waals surface area contributed by atoms with Gasteiger partial charge in [-0.15, -0.1) is 11.6 Å². The second-order valence-corrected chi connectivity index (χ2v) is 4.41. The minimum atomic E-state index is -0.520. The Morgan fingerprint density at radius 1 is 1.30 bits per heavy atom. The Hall–Kier alpha value is -1.95. The summed E-state index contributed by atoms with van der Waals surface area (Å²) in [5, 5.41) is 0. The number of furan rings is 1. The average Bonchev–Trinajstić information content (AvgIpc) is 3.02. The summed E-state index contributed by atoms with van der Waals surface area (Å²) in [4.78, 5) is 25.7. The first kappa shape index (κ1) is 14.5. The van der Waals surface area contributed by atoms with Gasteiger partial charge in [0.1, 0.15) is 18.9 Å². The smallest absolute Gasteiger partial charge is 0.355 e. The number of aromatic nitrogens is 1. The van der Waals surface area contributed by atoms with E-state index in [-0.39, 0.29) is 25.6 Å². The van der Waals surface area contributed by atoms with Crippen LogP contribution in [0.25, 0.3) is 11.1 Å². The number of alkyl halides is 1. The molecule has 6 nitrogen and oxygen atoms in total. The number of hydrogen-bond donors (Lipinski definition) is 1. The van der Waals surface area contributed by atoms with Crippen LogP contribution in [0.15, 0.2) is 22.8 Å². The SMILES string of the molecule is O=C(CCCCl)OCCOC(=O)c1cc2occc2[nH]1. The van der Waals surface area contributed by atoms with E-state index in [9.17, 15) is 9.59 Å². The predicted molar refractivity (Wildman–Crippen MR) is 71.8 cm³/mol. The Labute approximate surface area is 120 Å². The fraction of sp³-hybridized carbons (Fsp3) is 0.385. The van der Waals surface area contributed by atoms with Crippen LogP contribution < -0.4 is 0 Å². The van der Waals surface area contributed by atoms with Crippen molar-refractivity contribution in [3.8, 4) is 0 Å². The molecule has 0 aliphatic rings. The minimum Gasteiger partial charge on any atom is -0.463 e. The molecule has 2 aromatic rings. The molecule has 1 N–H and O–H groups in total. The summed E-state index contributed by atoms with van der Waals surface area (Å²) in [7, 11) is 0. The summed E-state index contributed by atoms with van der Waals surface area (Å²) in [6.07, 6.45) is 2.36. The number of rotatable bonds is 7. The second kappa shape index (κ2) is 7.00. The molecular formula is C13H14ClNO5. The minimum absolute atomic E-state index is 0.00579. The Morgan fingerprint density at radius 3 is 2.85 bits per heavy atom. The van der Waals surface area contributed by atoms with Crippen molar-refractivity contribution in [3.63, 3.8) is 0 Å². The van der Waals surface area contributed by atoms with E-state index in [1.54, 1.807) is 12.1 Å². The molecule has 0 saturated carbocycles. The van der Waals surface area contributed by atoms with Gasteiger partial charge in [-0.1, -0.05) is 0 Å². The number of nitrogens with one attached hydrogen (secondary N) is 1. The van der Waals surface area contributed by atoms with Crippen molar-refractivity contribution in [2.45, 2.75) is 12.8 Å². The molecule has 0 aliphatic carbocycles. The van der Waals surface area contributed by atoms with Gasteiger partial charge in [0.25, 0.3) is 0 Å². The van der Waals surface area contributed by atoms with Crippen molar-refractivity contribution in [3.05, 3.63) is 24.1 Å². The molecule has 108 valence electrons. The maximum Gasteiger partial charge on any atom is 0.355 e. The summed E-state index contributed by atoms with van der Waals surface area (Å²) in [6.45, 7) is 0.0372. The van der Waals surface area contributed by atoms with E-state index >= 15 is 0 Å². The molecule has 2 heterocycles. The number of H-pyrrole nitrogens is 1. The highest BCUT2D eigenvalue weighted by Crippen LogP contribution is 2.16. The molecule has 0 amide bonds. The lowest BCUT2D eigenvalue weighted by molar-refractivity contribution is -0.144. The fourth-order valence-corrected chi connectivity index (χ4v) is 1.74. The van der Waals surface area contributed by atoms with Gasteiger partial charge >= 0.3 is 11.9 Å². The highest BCUT2D eigenvalue weighted by Gasteiger charge is 2.12. The summed E-state index contributed by atoms with van der Waals surface area (Å²) < 4.78 is 15.0. The van der Waals surface area contributed by atoms with Gasteiger partial charge in [-0.3, -0.25) is 4.79 Å². The van der Waals surface area contributed by atoms with Crippen molar-refractivity contribution in [1.82, 2.24) is 4.98 Å². The molecule has 0 fully saturated rings. The molecule has 0 aromatic carbocycles. The first-order valence-electron chi connectivity index (χ1n) is 6.15. The predicted octanol–water partition coefficient (Wildman–Crippen LogP) is 2.48. The zero-order valence-corrected chi connectivity index (χ0v) is 11.4. The monoisotopic (exact) mass is 299 g/mol. The molecule has 2 aromatic heterocycles. The molecule has 0 aliphatic heterocycles. The molecule has 20 heavy (non-hydrogen) atoms. The van der Waals surface area contributed by atoms with Crippen LogP contribution >= 0.6 is 11.6 Å². The van der Waals surface area contributed by atoms with Crippen LogP contribution in [0.4, 0.5) is 0 Å². The lowest BCUT2D eigenvalue weighted by Crippen LogP contribution is -2.14. The third-order valence-electron chi connectivity index (χ3n) is 2.55. The Bertz CT molecular complexity index is 560. The average molecular weight is 300 g/mol. The van der Waals surface area contributed by atoms with Crippen LogP contribution in [0, 0.1) is 0 Å². The van der Waals surface area contributed by atoms with Crippen LogP contribution in [0.2, 0.25) is 0 Å². The molecule has 0 spiro atoms. The number of hydrogen-bond acceptors (Lipinski definition) is 5. The van der Waals surface area contributed by atoms with Crippen molar-refractivity contribution in [1.29, 1.82) is 0 Å². The van der Waals surface area contributed by atoms with Gasteiger partial charge in [-0.05, 0) is 6.42 Å². The molecular weight excluding hydrogens is 286 g/mol. The number of carbonyl (C=O) groups excluding carboxylic acids is 2. The third-order valence-corrected chi connectivity index (χ3v) is 2.82. The number of halogens is 1. The third kappa shape index (κ3) is 3.77. The Morgan fingerprint density at radius 2 is 2.10 bits per heavy atom. The standard InChI is InChI=1S/C13H14ClNO5/c14-4-1-2-12(16)19-6-7-20-13(17)10-8-11-9(15-10)3-5-18-11/h3,5,8,15H,1-2,4,6-7H2. The van der Waals surface area contributed by atoms with E-state index in [1.807, 2.05) is 0 Å². The van der Waals surface area contributed by atoms with Crippen LogP contribution in [-0.2, 0) is 14.3 Å². The van der Waals surface area contributed by atoms with Gasteiger partial charge in [-0.2, -0.15) is 0 Å². The van der Waals surface area contributed by atoms with E-state index in [4.69, 9.17) is 25.5 Å². The maximum atomic E-state index is 11.7. The highest BCUT2D eigenvalue weighted by atomic mass is 35.5. The van der Waals surface area contributed by atoms with Gasteiger partial charge < -0.3 is 18.9 Å². The largest absolute Gasteiger partial charge is 0.463 e. The highest BCUT2D eigenvalue weighted by molar-refractivity contribution is 6.17.